The van der Waals surface area contributed by atoms with Crippen molar-refractivity contribution >= 4 is 28.5 Å². The molecule has 0 bridgehead atoms. The van der Waals surface area contributed by atoms with Gasteiger partial charge >= 0.3 is 0 Å². The molecular formula is C21H24ClN3O2. The summed E-state index contributed by atoms with van der Waals surface area (Å²) in [5.74, 6) is 1.64. The predicted molar refractivity (Wildman–Crippen MR) is 108 cm³/mol. The van der Waals surface area contributed by atoms with Crippen molar-refractivity contribution in [3.63, 3.8) is 0 Å². The normalized spacial score (nSPS) is 11.1. The lowest BCUT2D eigenvalue weighted by molar-refractivity contribution is -0.123. The largest absolute Gasteiger partial charge is 0.490 e. The second-order valence-corrected chi connectivity index (χ2v) is 7.05. The summed E-state index contributed by atoms with van der Waals surface area (Å²) < 4.78 is 7.98. The van der Waals surface area contributed by atoms with Crippen molar-refractivity contribution in [1.82, 2.24) is 14.9 Å². The van der Waals surface area contributed by atoms with Crippen molar-refractivity contribution in [3.05, 3.63) is 59.4 Å². The monoisotopic (exact) mass is 385 g/mol. The van der Waals surface area contributed by atoms with Gasteiger partial charge in [0.15, 0.2) is 0 Å². The lowest BCUT2D eigenvalue weighted by Gasteiger charge is -2.12. The van der Waals surface area contributed by atoms with E-state index < -0.39 is 0 Å². The summed E-state index contributed by atoms with van der Waals surface area (Å²) in [6.45, 7) is 5.47. The van der Waals surface area contributed by atoms with Gasteiger partial charge in [-0.3, -0.25) is 4.79 Å². The van der Waals surface area contributed by atoms with Crippen LogP contribution in [0.5, 0.6) is 5.75 Å². The molecule has 0 aliphatic heterocycles. The number of hydrogen-bond acceptors (Lipinski definition) is 3. The van der Waals surface area contributed by atoms with Crippen molar-refractivity contribution in [2.24, 2.45) is 5.92 Å². The van der Waals surface area contributed by atoms with Crippen LogP contribution in [0.4, 0.5) is 0 Å². The highest BCUT2D eigenvalue weighted by Crippen LogP contribution is 2.23. The number of carbonyl (C=O) groups is 1. The first-order valence-corrected chi connectivity index (χ1v) is 9.53. The van der Waals surface area contributed by atoms with Crippen LogP contribution in [-0.4, -0.2) is 28.6 Å². The van der Waals surface area contributed by atoms with Crippen LogP contribution in [0.2, 0.25) is 5.02 Å². The molecule has 0 spiro atoms. The first-order chi connectivity index (χ1) is 13.1. The molecule has 1 amide bonds. The maximum atomic E-state index is 11.8. The van der Waals surface area contributed by atoms with Gasteiger partial charge in [-0.25, -0.2) is 4.98 Å². The number of rotatable bonds is 8. The van der Waals surface area contributed by atoms with Crippen LogP contribution in [0.25, 0.3) is 11.0 Å². The van der Waals surface area contributed by atoms with Gasteiger partial charge in [0.2, 0.25) is 5.91 Å². The first-order valence-electron chi connectivity index (χ1n) is 9.15. The molecule has 6 heteroatoms. The van der Waals surface area contributed by atoms with Crippen LogP contribution in [0.15, 0.2) is 48.5 Å². The van der Waals surface area contributed by atoms with Gasteiger partial charge in [0.05, 0.1) is 22.6 Å². The Bertz CT molecular complexity index is 921. The summed E-state index contributed by atoms with van der Waals surface area (Å²) in [5.41, 5.74) is 2.01. The van der Waals surface area contributed by atoms with E-state index in [1.165, 1.54) is 0 Å². The number of nitrogens with zero attached hydrogens (tertiary/aromatic N) is 2. The molecule has 142 valence electrons. The molecule has 0 aliphatic rings. The number of hydrogen-bond donors (Lipinski definition) is 1. The summed E-state index contributed by atoms with van der Waals surface area (Å²) in [6.07, 6.45) is 0.666. The number of imidazole rings is 1. The fourth-order valence-corrected chi connectivity index (χ4v) is 3.07. The summed E-state index contributed by atoms with van der Waals surface area (Å²) in [7, 11) is 0. The van der Waals surface area contributed by atoms with Crippen LogP contribution < -0.4 is 10.1 Å². The van der Waals surface area contributed by atoms with E-state index in [-0.39, 0.29) is 11.8 Å². The highest BCUT2D eigenvalue weighted by atomic mass is 35.5. The fraction of sp³-hybridized carbons (Fsp3) is 0.333. The molecule has 0 atom stereocenters. The van der Waals surface area contributed by atoms with Crippen LogP contribution in [0, 0.1) is 5.92 Å². The van der Waals surface area contributed by atoms with E-state index in [4.69, 9.17) is 21.3 Å². The Morgan fingerprint density at radius 1 is 1.19 bits per heavy atom. The number of benzene rings is 2. The molecule has 1 heterocycles. The topological polar surface area (TPSA) is 56.2 Å². The van der Waals surface area contributed by atoms with Crippen molar-refractivity contribution in [2.75, 3.05) is 13.2 Å². The molecule has 1 N–H and O–H groups in total. The van der Waals surface area contributed by atoms with E-state index in [0.29, 0.717) is 36.9 Å². The first kappa shape index (κ1) is 19.2. The zero-order valence-electron chi connectivity index (χ0n) is 15.6. The van der Waals surface area contributed by atoms with Gasteiger partial charge in [0.25, 0.3) is 0 Å². The molecule has 5 nitrogen and oxygen atoms in total. The van der Waals surface area contributed by atoms with E-state index in [1.54, 1.807) is 0 Å². The highest BCUT2D eigenvalue weighted by molar-refractivity contribution is 6.32. The van der Waals surface area contributed by atoms with E-state index in [2.05, 4.69) is 9.88 Å². The maximum absolute atomic E-state index is 11.8. The van der Waals surface area contributed by atoms with Gasteiger partial charge in [-0.2, -0.15) is 0 Å². The van der Waals surface area contributed by atoms with Crippen LogP contribution in [0.3, 0.4) is 0 Å². The summed E-state index contributed by atoms with van der Waals surface area (Å²) in [6, 6.07) is 15.5. The van der Waals surface area contributed by atoms with Crippen molar-refractivity contribution < 1.29 is 9.53 Å². The van der Waals surface area contributed by atoms with Gasteiger partial charge in [-0.15, -0.1) is 0 Å². The predicted octanol–water partition coefficient (Wildman–Crippen LogP) is 4.08. The Kier molecular flexibility index (Phi) is 6.35. The number of carbonyl (C=O) groups excluding carboxylic acids is 1. The van der Waals surface area contributed by atoms with E-state index in [0.717, 1.165) is 16.9 Å². The average Bonchev–Trinajstić information content (AvgIpc) is 3.01. The molecule has 3 rings (SSSR count). The molecule has 0 saturated heterocycles. The number of ether oxygens (including phenoxy) is 1. The van der Waals surface area contributed by atoms with Crippen molar-refractivity contribution in [1.29, 1.82) is 0 Å². The van der Waals surface area contributed by atoms with Crippen molar-refractivity contribution in [3.8, 4) is 5.75 Å². The molecule has 2 aromatic carbocycles. The smallest absolute Gasteiger partial charge is 0.222 e. The molecular weight excluding hydrogens is 362 g/mol. The molecule has 3 aromatic rings. The second-order valence-electron chi connectivity index (χ2n) is 6.64. The third-order valence-electron chi connectivity index (χ3n) is 4.31. The molecule has 0 aliphatic carbocycles. The fourth-order valence-electron chi connectivity index (χ4n) is 2.88. The molecule has 0 saturated carbocycles. The Morgan fingerprint density at radius 3 is 2.70 bits per heavy atom. The number of nitrogens with one attached hydrogen (secondary N) is 1. The number of aromatic nitrogens is 2. The highest BCUT2D eigenvalue weighted by Gasteiger charge is 2.12. The van der Waals surface area contributed by atoms with Gasteiger partial charge < -0.3 is 14.6 Å². The number of amides is 1. The van der Waals surface area contributed by atoms with Crippen molar-refractivity contribution in [2.45, 2.75) is 26.8 Å². The van der Waals surface area contributed by atoms with Crippen LogP contribution >= 0.6 is 11.6 Å². The third-order valence-corrected chi connectivity index (χ3v) is 4.63. The minimum atomic E-state index is -0.0205. The van der Waals surface area contributed by atoms with Gasteiger partial charge in [-0.1, -0.05) is 49.7 Å². The Balaban J connectivity index is 1.70. The zero-order valence-corrected chi connectivity index (χ0v) is 16.4. The van der Waals surface area contributed by atoms with Gasteiger partial charge in [-0.05, 0) is 24.3 Å². The van der Waals surface area contributed by atoms with Gasteiger partial charge in [0.1, 0.15) is 18.2 Å². The molecule has 0 radical (unpaired) electrons. The zero-order chi connectivity index (χ0) is 19.2. The number of para-hydroxylation sites is 3. The standard InChI is InChI=1S/C21H24ClN3O2/c1-15(2)21(26)23-12-11-20-24-17-8-4-5-9-18(17)25(20)13-14-27-19-10-6-3-7-16(19)22/h3-10,15H,11-14H2,1-2H3,(H,23,26). The lowest BCUT2D eigenvalue weighted by Crippen LogP contribution is -2.30. The lowest BCUT2D eigenvalue weighted by atomic mass is 10.2. The van der Waals surface area contributed by atoms with Crippen LogP contribution in [-0.2, 0) is 17.8 Å². The molecule has 1 aromatic heterocycles. The Labute approximate surface area is 164 Å². The number of halogens is 1. The summed E-state index contributed by atoms with van der Waals surface area (Å²) in [4.78, 5) is 16.5. The molecule has 0 fully saturated rings. The number of fused-ring (bicyclic) bond motifs is 1. The quantitative estimate of drug-likeness (QED) is 0.635. The minimum absolute atomic E-state index is 0.0205. The second kappa shape index (κ2) is 8.91. The van der Waals surface area contributed by atoms with E-state index in [1.807, 2.05) is 62.4 Å². The van der Waals surface area contributed by atoms with Crippen LogP contribution in [0.1, 0.15) is 19.7 Å². The third kappa shape index (κ3) is 4.80. The Hall–Kier alpha value is -2.53. The summed E-state index contributed by atoms with van der Waals surface area (Å²) >= 11 is 6.15. The van der Waals surface area contributed by atoms with E-state index >= 15 is 0 Å². The minimum Gasteiger partial charge on any atom is -0.490 e. The maximum Gasteiger partial charge on any atom is 0.222 e. The summed E-state index contributed by atoms with van der Waals surface area (Å²) in [5, 5.41) is 3.55. The van der Waals surface area contributed by atoms with E-state index in [9.17, 15) is 4.79 Å². The average molecular weight is 386 g/mol. The SMILES string of the molecule is CC(C)C(=O)NCCc1nc2ccccc2n1CCOc1ccccc1Cl. The molecule has 27 heavy (non-hydrogen) atoms. The van der Waals surface area contributed by atoms with Gasteiger partial charge in [0, 0.05) is 18.9 Å². The Morgan fingerprint density at radius 2 is 1.93 bits per heavy atom. The molecule has 0 unspecified atom stereocenters.